The van der Waals surface area contributed by atoms with E-state index in [0.717, 1.165) is 30.1 Å². The van der Waals surface area contributed by atoms with Gasteiger partial charge in [-0.05, 0) is 55.7 Å². The fourth-order valence-corrected chi connectivity index (χ4v) is 3.19. The van der Waals surface area contributed by atoms with Crippen molar-refractivity contribution < 1.29 is 0 Å². The van der Waals surface area contributed by atoms with E-state index in [1.807, 2.05) is 6.07 Å². The van der Waals surface area contributed by atoms with Gasteiger partial charge in [-0.25, -0.2) is 0 Å². The minimum Gasteiger partial charge on any atom is -0.371 e. The number of anilines is 1. The molecule has 1 unspecified atom stereocenters. The second-order valence-electron chi connectivity index (χ2n) is 6.45. The molecular formula is C17H25ClN2. The number of hydrogen-bond acceptors (Lipinski definition) is 2. The summed E-state index contributed by atoms with van der Waals surface area (Å²) in [6, 6.07) is 7.13. The Hall–Kier alpha value is -0.730. The van der Waals surface area contributed by atoms with Gasteiger partial charge in [-0.3, -0.25) is 0 Å². The molecule has 20 heavy (non-hydrogen) atoms. The maximum atomic E-state index is 6.23. The molecule has 1 aromatic rings. The molecule has 0 radical (unpaired) electrons. The van der Waals surface area contributed by atoms with E-state index in [-0.39, 0.29) is 0 Å². The molecule has 1 aliphatic carbocycles. The zero-order chi connectivity index (χ0) is 13.9. The molecule has 3 rings (SSSR count). The van der Waals surface area contributed by atoms with E-state index < -0.39 is 0 Å². The van der Waals surface area contributed by atoms with Crippen molar-refractivity contribution in [1.82, 2.24) is 5.32 Å². The Morgan fingerprint density at radius 2 is 2.05 bits per heavy atom. The van der Waals surface area contributed by atoms with E-state index >= 15 is 0 Å². The summed E-state index contributed by atoms with van der Waals surface area (Å²) in [4.78, 5) is 2.54. The Kier molecular flexibility index (Phi) is 4.52. The van der Waals surface area contributed by atoms with Gasteiger partial charge in [0.2, 0.25) is 0 Å². The van der Waals surface area contributed by atoms with Crippen LogP contribution in [0.1, 0.15) is 44.6 Å². The largest absolute Gasteiger partial charge is 0.371 e. The predicted octanol–water partition coefficient (Wildman–Crippen LogP) is 4.22. The molecule has 0 amide bonds. The quantitative estimate of drug-likeness (QED) is 0.894. The van der Waals surface area contributed by atoms with Crippen molar-refractivity contribution in [2.45, 2.75) is 51.6 Å². The third-order valence-corrected chi connectivity index (χ3v) is 4.80. The van der Waals surface area contributed by atoms with Crippen LogP contribution in [0.2, 0.25) is 5.02 Å². The summed E-state index contributed by atoms with van der Waals surface area (Å²) in [6.45, 7) is 5.68. The second-order valence-corrected chi connectivity index (χ2v) is 6.89. The fraction of sp³-hybridized carbons (Fsp3) is 0.647. The van der Waals surface area contributed by atoms with Gasteiger partial charge in [-0.2, -0.15) is 0 Å². The van der Waals surface area contributed by atoms with Crippen LogP contribution in [0, 0.1) is 5.92 Å². The molecule has 1 atom stereocenters. The van der Waals surface area contributed by atoms with Crippen molar-refractivity contribution in [3.8, 4) is 0 Å². The highest BCUT2D eigenvalue weighted by Crippen LogP contribution is 2.29. The van der Waals surface area contributed by atoms with Gasteiger partial charge in [0.1, 0.15) is 0 Å². The van der Waals surface area contributed by atoms with Crippen molar-refractivity contribution >= 4 is 17.3 Å². The van der Waals surface area contributed by atoms with Gasteiger partial charge < -0.3 is 10.2 Å². The van der Waals surface area contributed by atoms with Crippen LogP contribution in [0.4, 0.5) is 5.69 Å². The Morgan fingerprint density at radius 1 is 1.20 bits per heavy atom. The van der Waals surface area contributed by atoms with Crippen LogP contribution in [-0.2, 0) is 6.54 Å². The molecule has 2 fully saturated rings. The molecule has 1 N–H and O–H groups in total. The summed E-state index contributed by atoms with van der Waals surface area (Å²) in [6.07, 6.45) is 6.62. The summed E-state index contributed by atoms with van der Waals surface area (Å²) in [7, 11) is 0. The van der Waals surface area contributed by atoms with Gasteiger partial charge in [0.25, 0.3) is 0 Å². The van der Waals surface area contributed by atoms with E-state index in [9.17, 15) is 0 Å². The number of rotatable bonds is 4. The van der Waals surface area contributed by atoms with Crippen molar-refractivity contribution in [1.29, 1.82) is 0 Å². The maximum Gasteiger partial charge on any atom is 0.0426 e. The van der Waals surface area contributed by atoms with E-state index in [4.69, 9.17) is 11.6 Å². The lowest BCUT2D eigenvalue weighted by atomic mass is 10.0. The minimum absolute atomic E-state index is 0.752. The molecule has 1 saturated carbocycles. The van der Waals surface area contributed by atoms with Gasteiger partial charge in [-0.15, -0.1) is 0 Å². The third-order valence-electron chi connectivity index (χ3n) is 4.56. The number of benzene rings is 1. The number of nitrogens with one attached hydrogen (secondary N) is 1. The first-order valence-corrected chi connectivity index (χ1v) is 8.37. The van der Waals surface area contributed by atoms with Crippen LogP contribution in [-0.4, -0.2) is 19.1 Å². The molecule has 0 aromatic heterocycles. The Labute approximate surface area is 127 Å². The molecular weight excluding hydrogens is 268 g/mol. The van der Waals surface area contributed by atoms with Crippen molar-refractivity contribution in [2.75, 3.05) is 18.0 Å². The molecule has 0 bridgehead atoms. The van der Waals surface area contributed by atoms with Crippen LogP contribution in [0.3, 0.4) is 0 Å². The second kappa shape index (κ2) is 6.36. The van der Waals surface area contributed by atoms with Gasteiger partial charge in [0.05, 0.1) is 0 Å². The van der Waals surface area contributed by atoms with Crippen LogP contribution in [0.5, 0.6) is 0 Å². The van der Waals surface area contributed by atoms with Gasteiger partial charge in [0, 0.05) is 36.4 Å². The Balaban J connectivity index is 1.76. The van der Waals surface area contributed by atoms with Crippen LogP contribution >= 0.6 is 11.6 Å². The smallest absolute Gasteiger partial charge is 0.0426 e. The monoisotopic (exact) mass is 292 g/mol. The zero-order valence-corrected chi connectivity index (χ0v) is 13.1. The number of nitrogens with zero attached hydrogens (tertiary/aromatic N) is 1. The SMILES string of the molecule is CC1CCCN(c2cc(Cl)ccc2CNC2CC2)CC1. The molecule has 0 spiro atoms. The van der Waals surface area contributed by atoms with E-state index in [1.54, 1.807) is 0 Å². The van der Waals surface area contributed by atoms with Crippen LogP contribution < -0.4 is 10.2 Å². The molecule has 110 valence electrons. The first kappa shape index (κ1) is 14.2. The predicted molar refractivity (Wildman–Crippen MR) is 86.5 cm³/mol. The third kappa shape index (κ3) is 3.67. The summed E-state index contributed by atoms with van der Waals surface area (Å²) >= 11 is 6.23. The average Bonchev–Trinajstić information content (AvgIpc) is 3.25. The summed E-state index contributed by atoms with van der Waals surface area (Å²) in [5, 5.41) is 4.48. The highest BCUT2D eigenvalue weighted by molar-refractivity contribution is 6.30. The molecule has 1 aliphatic heterocycles. The normalized spacial score (nSPS) is 23.7. The number of hydrogen-bond donors (Lipinski definition) is 1. The Bertz CT molecular complexity index is 456. The lowest BCUT2D eigenvalue weighted by Crippen LogP contribution is -2.26. The van der Waals surface area contributed by atoms with E-state index in [2.05, 4.69) is 29.3 Å². The van der Waals surface area contributed by atoms with Gasteiger partial charge in [0.15, 0.2) is 0 Å². The first-order valence-electron chi connectivity index (χ1n) is 7.99. The molecule has 1 heterocycles. The lowest BCUT2D eigenvalue weighted by Gasteiger charge is -2.26. The molecule has 1 aromatic carbocycles. The van der Waals surface area contributed by atoms with Crippen molar-refractivity contribution in [2.24, 2.45) is 5.92 Å². The lowest BCUT2D eigenvalue weighted by molar-refractivity contribution is 0.521. The van der Waals surface area contributed by atoms with Gasteiger partial charge in [-0.1, -0.05) is 24.6 Å². The number of halogens is 1. The topological polar surface area (TPSA) is 15.3 Å². The van der Waals surface area contributed by atoms with E-state index in [1.165, 1.54) is 49.9 Å². The fourth-order valence-electron chi connectivity index (χ4n) is 3.03. The maximum absolute atomic E-state index is 6.23. The van der Waals surface area contributed by atoms with Crippen molar-refractivity contribution in [3.63, 3.8) is 0 Å². The summed E-state index contributed by atoms with van der Waals surface area (Å²) < 4.78 is 0. The summed E-state index contributed by atoms with van der Waals surface area (Å²) in [5.41, 5.74) is 2.75. The standard InChI is InChI=1S/C17H25ClN2/c1-13-3-2-9-20(10-8-13)17-11-15(18)5-4-14(17)12-19-16-6-7-16/h4-5,11,13,16,19H,2-3,6-10,12H2,1H3. The highest BCUT2D eigenvalue weighted by atomic mass is 35.5. The summed E-state index contributed by atoms with van der Waals surface area (Å²) in [5.74, 6) is 0.854. The van der Waals surface area contributed by atoms with Crippen molar-refractivity contribution in [3.05, 3.63) is 28.8 Å². The minimum atomic E-state index is 0.752. The molecule has 3 heteroatoms. The zero-order valence-electron chi connectivity index (χ0n) is 12.4. The van der Waals surface area contributed by atoms with E-state index in [0.29, 0.717) is 0 Å². The van der Waals surface area contributed by atoms with Crippen LogP contribution in [0.15, 0.2) is 18.2 Å². The average molecular weight is 293 g/mol. The first-order chi connectivity index (χ1) is 9.72. The molecule has 1 saturated heterocycles. The van der Waals surface area contributed by atoms with Gasteiger partial charge >= 0.3 is 0 Å². The molecule has 2 aliphatic rings. The Morgan fingerprint density at radius 3 is 2.85 bits per heavy atom. The van der Waals surface area contributed by atoms with Crippen LogP contribution in [0.25, 0.3) is 0 Å². The molecule has 2 nitrogen and oxygen atoms in total. The highest BCUT2D eigenvalue weighted by Gasteiger charge is 2.22.